The van der Waals surface area contributed by atoms with Gasteiger partial charge in [0.2, 0.25) is 0 Å². The third kappa shape index (κ3) is 3.67. The highest BCUT2D eigenvalue weighted by Crippen LogP contribution is 2.17. The number of hydrogen-bond donors (Lipinski definition) is 0. The average Bonchev–Trinajstić information content (AvgIpc) is 2.26. The Balaban J connectivity index is 2.68. The standard InChI is InChI=1S/C14H22Si/c1-5-6-7-13-8-10-14(11-9-13)12(2)15(3)4/h8-11,15H,2,5-7H2,1,3-4H3. The van der Waals surface area contributed by atoms with Crippen LogP contribution in [-0.4, -0.2) is 8.80 Å². The highest BCUT2D eigenvalue weighted by atomic mass is 28.3. The van der Waals surface area contributed by atoms with E-state index in [4.69, 9.17) is 0 Å². The summed E-state index contributed by atoms with van der Waals surface area (Å²) in [5.41, 5.74) is 2.80. The first kappa shape index (κ1) is 12.2. The maximum Gasteiger partial charge on any atom is 0.0647 e. The van der Waals surface area contributed by atoms with E-state index in [0.717, 1.165) is 0 Å². The van der Waals surface area contributed by atoms with E-state index >= 15 is 0 Å². The molecule has 0 N–H and O–H groups in total. The van der Waals surface area contributed by atoms with Gasteiger partial charge in [-0.2, -0.15) is 0 Å². The van der Waals surface area contributed by atoms with Crippen LogP contribution in [0.25, 0.3) is 5.20 Å². The van der Waals surface area contributed by atoms with Crippen LogP contribution in [-0.2, 0) is 6.42 Å². The molecule has 0 nitrogen and oxygen atoms in total. The maximum absolute atomic E-state index is 4.18. The van der Waals surface area contributed by atoms with Crippen molar-refractivity contribution in [3.8, 4) is 0 Å². The Hall–Kier alpha value is -0.823. The lowest BCUT2D eigenvalue weighted by Gasteiger charge is -2.09. The van der Waals surface area contributed by atoms with Gasteiger partial charge in [0.25, 0.3) is 0 Å². The van der Waals surface area contributed by atoms with Gasteiger partial charge in [-0.1, -0.05) is 62.5 Å². The predicted molar refractivity (Wildman–Crippen MR) is 73.0 cm³/mol. The first-order chi connectivity index (χ1) is 7.15. The van der Waals surface area contributed by atoms with E-state index in [2.05, 4.69) is 50.9 Å². The highest BCUT2D eigenvalue weighted by molar-refractivity contribution is 6.76. The van der Waals surface area contributed by atoms with E-state index < -0.39 is 8.80 Å². The monoisotopic (exact) mass is 218 g/mol. The summed E-state index contributed by atoms with van der Waals surface area (Å²) in [6, 6.07) is 8.99. The van der Waals surface area contributed by atoms with Crippen molar-refractivity contribution in [3.63, 3.8) is 0 Å². The van der Waals surface area contributed by atoms with E-state index in [1.165, 1.54) is 35.6 Å². The van der Waals surface area contributed by atoms with Gasteiger partial charge in [-0.3, -0.25) is 0 Å². The molecule has 0 spiro atoms. The van der Waals surface area contributed by atoms with Crippen molar-refractivity contribution in [2.24, 2.45) is 0 Å². The summed E-state index contributed by atoms with van der Waals surface area (Å²) in [6.45, 7) is 11.1. The van der Waals surface area contributed by atoms with Crippen LogP contribution in [0.4, 0.5) is 0 Å². The second-order valence-corrected chi connectivity index (χ2v) is 7.49. The quantitative estimate of drug-likeness (QED) is 0.654. The minimum Gasteiger partial charge on any atom is -0.0996 e. The minimum absolute atomic E-state index is 0.724. The van der Waals surface area contributed by atoms with E-state index in [-0.39, 0.29) is 0 Å². The summed E-state index contributed by atoms with van der Waals surface area (Å²) in [4.78, 5) is 0. The van der Waals surface area contributed by atoms with Crippen LogP contribution in [0.2, 0.25) is 13.1 Å². The predicted octanol–water partition coefficient (Wildman–Crippen LogP) is 4.07. The maximum atomic E-state index is 4.18. The zero-order chi connectivity index (χ0) is 11.3. The van der Waals surface area contributed by atoms with Gasteiger partial charge in [-0.05, 0) is 24.0 Å². The van der Waals surface area contributed by atoms with Gasteiger partial charge in [0.15, 0.2) is 0 Å². The molecule has 0 fully saturated rings. The molecule has 0 atom stereocenters. The van der Waals surface area contributed by atoms with Crippen LogP contribution < -0.4 is 0 Å². The number of unbranched alkanes of at least 4 members (excludes halogenated alkanes) is 1. The van der Waals surface area contributed by atoms with Gasteiger partial charge in [0, 0.05) is 0 Å². The molecule has 1 heteroatoms. The molecule has 0 saturated carbocycles. The summed E-state index contributed by atoms with van der Waals surface area (Å²) in [5.74, 6) is 0. The zero-order valence-electron chi connectivity index (χ0n) is 10.2. The Bertz CT molecular complexity index is 309. The number of hydrogen-bond acceptors (Lipinski definition) is 0. The molecule has 0 amide bonds. The van der Waals surface area contributed by atoms with Crippen LogP contribution in [0.1, 0.15) is 30.9 Å². The molecule has 1 aromatic rings. The summed E-state index contributed by atoms with van der Waals surface area (Å²) >= 11 is 0. The second kappa shape index (κ2) is 5.91. The fraction of sp³-hybridized carbons (Fsp3) is 0.429. The molecule has 1 rings (SSSR count). The Kier molecular flexibility index (Phi) is 4.83. The van der Waals surface area contributed by atoms with E-state index in [1.807, 2.05) is 0 Å². The van der Waals surface area contributed by atoms with Crippen molar-refractivity contribution in [1.29, 1.82) is 0 Å². The molecule has 0 aromatic heterocycles. The van der Waals surface area contributed by atoms with Crippen LogP contribution in [0.3, 0.4) is 0 Å². The smallest absolute Gasteiger partial charge is 0.0647 e. The number of rotatable bonds is 5. The summed E-state index contributed by atoms with van der Waals surface area (Å²) in [6.07, 6.45) is 3.77. The van der Waals surface area contributed by atoms with Gasteiger partial charge in [-0.25, -0.2) is 0 Å². The molecule has 15 heavy (non-hydrogen) atoms. The van der Waals surface area contributed by atoms with Gasteiger partial charge in [0.05, 0.1) is 8.80 Å². The average molecular weight is 218 g/mol. The molecule has 1 aromatic carbocycles. The topological polar surface area (TPSA) is 0 Å². The van der Waals surface area contributed by atoms with Crippen LogP contribution in [0.15, 0.2) is 30.8 Å². The Labute approximate surface area is 95.6 Å². The molecule has 0 heterocycles. The fourth-order valence-corrected chi connectivity index (χ4v) is 2.46. The summed E-state index contributed by atoms with van der Waals surface area (Å²) in [5, 5.41) is 1.37. The van der Waals surface area contributed by atoms with E-state index in [9.17, 15) is 0 Å². The largest absolute Gasteiger partial charge is 0.0996 e. The SMILES string of the molecule is C=C(c1ccc(CCCC)cc1)[SiH](C)C. The lowest BCUT2D eigenvalue weighted by Crippen LogP contribution is -2.03. The van der Waals surface area contributed by atoms with Gasteiger partial charge < -0.3 is 0 Å². The Morgan fingerprint density at radius 2 is 1.80 bits per heavy atom. The minimum atomic E-state index is -0.724. The molecule has 0 aliphatic heterocycles. The molecule has 0 bridgehead atoms. The molecule has 0 radical (unpaired) electrons. The number of aryl methyl sites for hydroxylation is 1. The molecular formula is C14H22Si. The summed E-state index contributed by atoms with van der Waals surface area (Å²) in [7, 11) is -0.724. The van der Waals surface area contributed by atoms with Gasteiger partial charge >= 0.3 is 0 Å². The van der Waals surface area contributed by atoms with Crippen molar-refractivity contribution in [2.75, 3.05) is 0 Å². The van der Waals surface area contributed by atoms with Crippen LogP contribution in [0.5, 0.6) is 0 Å². The van der Waals surface area contributed by atoms with Gasteiger partial charge in [-0.15, -0.1) is 0 Å². The Morgan fingerprint density at radius 1 is 1.20 bits per heavy atom. The van der Waals surface area contributed by atoms with Crippen LogP contribution in [0, 0.1) is 0 Å². The first-order valence-corrected chi connectivity index (χ1v) is 8.82. The molecular weight excluding hydrogens is 196 g/mol. The molecule has 0 saturated heterocycles. The lowest BCUT2D eigenvalue weighted by molar-refractivity contribution is 0.795. The van der Waals surface area contributed by atoms with Crippen molar-refractivity contribution >= 4 is 14.0 Å². The van der Waals surface area contributed by atoms with Crippen molar-refractivity contribution < 1.29 is 0 Å². The molecule has 82 valence electrons. The lowest BCUT2D eigenvalue weighted by atomic mass is 10.1. The third-order valence-electron chi connectivity index (χ3n) is 2.84. The van der Waals surface area contributed by atoms with Gasteiger partial charge in [0.1, 0.15) is 0 Å². The highest BCUT2D eigenvalue weighted by Gasteiger charge is 2.04. The second-order valence-electron chi connectivity index (χ2n) is 4.48. The fourth-order valence-electron chi connectivity index (χ4n) is 1.60. The zero-order valence-corrected chi connectivity index (χ0v) is 11.4. The third-order valence-corrected chi connectivity index (χ3v) is 4.57. The number of benzene rings is 1. The van der Waals surface area contributed by atoms with Crippen LogP contribution >= 0.6 is 0 Å². The van der Waals surface area contributed by atoms with E-state index in [1.54, 1.807) is 0 Å². The van der Waals surface area contributed by atoms with Crippen molar-refractivity contribution in [2.45, 2.75) is 39.3 Å². The summed E-state index contributed by atoms with van der Waals surface area (Å²) < 4.78 is 0. The molecule has 0 aliphatic rings. The van der Waals surface area contributed by atoms with E-state index in [0.29, 0.717) is 0 Å². The molecule has 0 aliphatic carbocycles. The van der Waals surface area contributed by atoms with Crippen molar-refractivity contribution in [3.05, 3.63) is 42.0 Å². The Morgan fingerprint density at radius 3 is 2.27 bits per heavy atom. The first-order valence-electron chi connectivity index (χ1n) is 5.93. The molecule has 0 unspecified atom stereocenters. The normalized spacial score (nSPS) is 10.7. The van der Waals surface area contributed by atoms with Crippen molar-refractivity contribution in [1.82, 2.24) is 0 Å².